The van der Waals surface area contributed by atoms with Gasteiger partial charge in [0.2, 0.25) is 5.78 Å². The molecule has 126 valence electrons. The number of unbranched alkanes of at least 4 members (excludes halogenated alkanes) is 3. The van der Waals surface area contributed by atoms with Gasteiger partial charge in [0.15, 0.2) is 0 Å². The molecule has 0 aliphatic carbocycles. The van der Waals surface area contributed by atoms with Crippen molar-refractivity contribution < 1.29 is 14.4 Å². The number of hydrogen-bond donors (Lipinski definition) is 0. The highest BCUT2D eigenvalue weighted by molar-refractivity contribution is 7.08. The maximum absolute atomic E-state index is 12.5. The van der Waals surface area contributed by atoms with Gasteiger partial charge in [-0.25, -0.2) is 4.79 Å². The monoisotopic (exact) mass is 343 g/mol. The molecule has 0 aliphatic rings. The van der Waals surface area contributed by atoms with Crippen LogP contribution in [-0.4, -0.2) is 17.5 Å². The Bertz CT molecular complexity index is 678. The molecule has 0 unspecified atom stereocenters. The first-order valence-electron chi connectivity index (χ1n) is 8.12. The Hall–Kier alpha value is -2.27. The van der Waals surface area contributed by atoms with Gasteiger partial charge in [0, 0.05) is 10.9 Å². The van der Waals surface area contributed by atoms with Crippen LogP contribution in [0.15, 0.2) is 52.3 Å². The minimum Gasteiger partial charge on any atom is -0.312 e. The van der Waals surface area contributed by atoms with Crippen LogP contribution in [0, 0.1) is 0 Å². The molecule has 0 amide bonds. The van der Waals surface area contributed by atoms with Crippen LogP contribution in [0.2, 0.25) is 0 Å². The standard InChI is InChI=1S/C19H21NO3S/c1-2-3-4-8-11-17(18(21)16-12-13-24-14-16)20-23-19(22)15-9-6-5-7-10-15/h5-7,9-10,12-14H,2-4,8,11H2,1H3. The smallest absolute Gasteiger partial charge is 0.312 e. The molecule has 0 fully saturated rings. The summed E-state index contributed by atoms with van der Waals surface area (Å²) in [6.45, 7) is 2.13. The van der Waals surface area contributed by atoms with E-state index in [-0.39, 0.29) is 5.78 Å². The molecule has 0 atom stereocenters. The summed E-state index contributed by atoms with van der Waals surface area (Å²) in [4.78, 5) is 29.5. The predicted molar refractivity (Wildman–Crippen MR) is 96.7 cm³/mol. The van der Waals surface area contributed by atoms with Gasteiger partial charge in [-0.3, -0.25) is 4.79 Å². The average Bonchev–Trinajstić information content (AvgIpc) is 3.15. The van der Waals surface area contributed by atoms with Crippen molar-refractivity contribution in [3.8, 4) is 0 Å². The lowest BCUT2D eigenvalue weighted by Gasteiger charge is -2.05. The summed E-state index contributed by atoms with van der Waals surface area (Å²) in [6, 6.07) is 10.4. The van der Waals surface area contributed by atoms with Crippen LogP contribution >= 0.6 is 11.3 Å². The Labute approximate surface area is 146 Å². The van der Waals surface area contributed by atoms with Crippen molar-refractivity contribution >= 4 is 28.8 Å². The SMILES string of the molecule is CCCCCCC(=NOC(=O)c1ccccc1)C(=O)c1ccsc1. The molecule has 2 rings (SSSR count). The second kappa shape index (κ2) is 9.78. The van der Waals surface area contributed by atoms with Gasteiger partial charge in [-0.15, -0.1) is 0 Å². The highest BCUT2D eigenvalue weighted by atomic mass is 32.1. The number of hydrogen-bond acceptors (Lipinski definition) is 5. The number of carbonyl (C=O) groups excluding carboxylic acids is 2. The van der Waals surface area contributed by atoms with Crippen molar-refractivity contribution in [2.24, 2.45) is 5.16 Å². The molecule has 0 spiro atoms. The van der Waals surface area contributed by atoms with Crippen LogP contribution in [0.1, 0.15) is 59.7 Å². The number of ketones is 1. The molecule has 0 saturated heterocycles. The van der Waals surface area contributed by atoms with Crippen LogP contribution in [0.4, 0.5) is 0 Å². The quantitative estimate of drug-likeness (QED) is 0.209. The van der Waals surface area contributed by atoms with E-state index in [1.165, 1.54) is 11.3 Å². The third-order valence-corrected chi connectivity index (χ3v) is 4.24. The number of oxime groups is 1. The first kappa shape index (κ1) is 18.1. The Morgan fingerprint density at radius 3 is 2.50 bits per heavy atom. The topological polar surface area (TPSA) is 55.7 Å². The third-order valence-electron chi connectivity index (χ3n) is 3.56. The summed E-state index contributed by atoms with van der Waals surface area (Å²) >= 11 is 1.45. The molecule has 0 bridgehead atoms. The highest BCUT2D eigenvalue weighted by Crippen LogP contribution is 2.12. The van der Waals surface area contributed by atoms with E-state index in [9.17, 15) is 9.59 Å². The zero-order valence-corrected chi connectivity index (χ0v) is 14.6. The van der Waals surface area contributed by atoms with Crippen molar-refractivity contribution in [1.82, 2.24) is 0 Å². The molecule has 1 heterocycles. The molecular weight excluding hydrogens is 322 g/mol. The van der Waals surface area contributed by atoms with Gasteiger partial charge in [-0.05, 0) is 36.4 Å². The minimum absolute atomic E-state index is 0.173. The van der Waals surface area contributed by atoms with Crippen LogP contribution < -0.4 is 0 Å². The van der Waals surface area contributed by atoms with Crippen LogP contribution in [0.25, 0.3) is 0 Å². The summed E-state index contributed by atoms with van der Waals surface area (Å²) < 4.78 is 0. The summed E-state index contributed by atoms with van der Waals surface area (Å²) in [5, 5.41) is 7.50. The van der Waals surface area contributed by atoms with Crippen molar-refractivity contribution in [2.75, 3.05) is 0 Å². The lowest BCUT2D eigenvalue weighted by molar-refractivity contribution is 0.0514. The van der Waals surface area contributed by atoms with Gasteiger partial charge >= 0.3 is 5.97 Å². The number of benzene rings is 1. The van der Waals surface area contributed by atoms with Crippen LogP contribution in [0.5, 0.6) is 0 Å². The normalized spacial score (nSPS) is 11.3. The number of thiophene rings is 1. The van der Waals surface area contributed by atoms with Crippen molar-refractivity contribution in [2.45, 2.75) is 39.0 Å². The van der Waals surface area contributed by atoms with Gasteiger partial charge in [-0.2, -0.15) is 11.3 Å². The maximum Gasteiger partial charge on any atom is 0.365 e. The summed E-state index contributed by atoms with van der Waals surface area (Å²) in [7, 11) is 0. The molecule has 5 heteroatoms. The zero-order valence-electron chi connectivity index (χ0n) is 13.7. The fourth-order valence-electron chi connectivity index (χ4n) is 2.20. The lowest BCUT2D eigenvalue weighted by atomic mass is 10.0. The fourth-order valence-corrected chi connectivity index (χ4v) is 2.84. The fraction of sp³-hybridized carbons (Fsp3) is 0.316. The van der Waals surface area contributed by atoms with Crippen molar-refractivity contribution in [3.05, 3.63) is 58.3 Å². The Morgan fingerprint density at radius 2 is 1.83 bits per heavy atom. The van der Waals surface area contributed by atoms with Crippen LogP contribution in [-0.2, 0) is 4.84 Å². The Kier molecular flexibility index (Phi) is 7.36. The largest absolute Gasteiger partial charge is 0.365 e. The van der Waals surface area contributed by atoms with Gasteiger partial charge in [0.1, 0.15) is 5.71 Å². The number of nitrogens with zero attached hydrogens (tertiary/aromatic N) is 1. The van der Waals surface area contributed by atoms with Crippen molar-refractivity contribution in [1.29, 1.82) is 0 Å². The Morgan fingerprint density at radius 1 is 1.04 bits per heavy atom. The molecule has 4 nitrogen and oxygen atoms in total. The molecule has 1 aromatic heterocycles. The highest BCUT2D eigenvalue weighted by Gasteiger charge is 2.16. The van der Waals surface area contributed by atoms with Gasteiger partial charge in [-0.1, -0.05) is 49.5 Å². The minimum atomic E-state index is -0.556. The van der Waals surface area contributed by atoms with Gasteiger partial charge in [0.25, 0.3) is 0 Å². The van der Waals surface area contributed by atoms with Gasteiger partial charge < -0.3 is 4.84 Å². The zero-order chi connectivity index (χ0) is 17.2. The number of carbonyl (C=O) groups is 2. The Balaban J connectivity index is 2.06. The molecule has 24 heavy (non-hydrogen) atoms. The van der Waals surface area contributed by atoms with Gasteiger partial charge in [0.05, 0.1) is 5.56 Å². The molecular formula is C19H21NO3S. The van der Waals surface area contributed by atoms with Crippen LogP contribution in [0.3, 0.4) is 0 Å². The molecule has 0 saturated carbocycles. The van der Waals surface area contributed by atoms with E-state index in [1.807, 2.05) is 11.4 Å². The van der Waals surface area contributed by atoms with E-state index in [0.29, 0.717) is 23.3 Å². The first-order chi connectivity index (χ1) is 11.7. The summed E-state index contributed by atoms with van der Waals surface area (Å²) in [5.74, 6) is -0.728. The van der Waals surface area contributed by atoms with Crippen molar-refractivity contribution in [3.63, 3.8) is 0 Å². The van der Waals surface area contributed by atoms with E-state index >= 15 is 0 Å². The summed E-state index contributed by atoms with van der Waals surface area (Å²) in [6.07, 6.45) is 4.62. The maximum atomic E-state index is 12.5. The lowest BCUT2D eigenvalue weighted by Crippen LogP contribution is -2.15. The molecule has 0 aliphatic heterocycles. The summed E-state index contributed by atoms with van der Waals surface area (Å²) in [5.41, 5.74) is 1.30. The molecule has 1 aromatic carbocycles. The van der Waals surface area contributed by atoms with E-state index in [4.69, 9.17) is 4.84 Å². The first-order valence-corrected chi connectivity index (χ1v) is 9.06. The van der Waals surface area contributed by atoms with E-state index in [0.717, 1.165) is 25.7 Å². The molecule has 0 radical (unpaired) electrons. The number of Topliss-reactive ketones (excluding diaryl/α,β-unsaturated/α-hetero) is 1. The van der Waals surface area contributed by atoms with E-state index in [2.05, 4.69) is 12.1 Å². The van der Waals surface area contributed by atoms with E-state index in [1.54, 1.807) is 35.7 Å². The molecule has 2 aromatic rings. The third kappa shape index (κ3) is 5.42. The average molecular weight is 343 g/mol. The number of rotatable bonds is 9. The second-order valence-electron chi connectivity index (χ2n) is 5.43. The van der Waals surface area contributed by atoms with E-state index < -0.39 is 5.97 Å². The second-order valence-corrected chi connectivity index (χ2v) is 6.21. The molecule has 0 N–H and O–H groups in total. The predicted octanol–water partition coefficient (Wildman–Crippen LogP) is 5.11.